The van der Waals surface area contributed by atoms with Crippen LogP contribution in [0.2, 0.25) is 5.15 Å². The van der Waals surface area contributed by atoms with E-state index in [-0.39, 0.29) is 5.91 Å². The lowest BCUT2D eigenvalue weighted by Crippen LogP contribution is -2.15. The molecular formula is C13H12ClN3O. The first kappa shape index (κ1) is 12.5. The SMILES string of the molecule is Cc1cccc(C(=O)Nc2ccc(Cl)nn2)c1C. The second-order valence-corrected chi connectivity index (χ2v) is 4.33. The number of amides is 1. The van der Waals surface area contributed by atoms with E-state index in [1.165, 1.54) is 0 Å². The third kappa shape index (κ3) is 2.65. The van der Waals surface area contributed by atoms with E-state index in [0.717, 1.165) is 11.1 Å². The van der Waals surface area contributed by atoms with Crippen LogP contribution in [0.15, 0.2) is 30.3 Å². The molecule has 1 aromatic heterocycles. The summed E-state index contributed by atoms with van der Waals surface area (Å²) >= 11 is 5.62. The minimum absolute atomic E-state index is 0.201. The summed E-state index contributed by atoms with van der Waals surface area (Å²) in [5, 5.41) is 10.4. The summed E-state index contributed by atoms with van der Waals surface area (Å²) in [4.78, 5) is 12.1. The van der Waals surface area contributed by atoms with Gasteiger partial charge in [-0.25, -0.2) is 0 Å². The van der Waals surface area contributed by atoms with Crippen LogP contribution >= 0.6 is 11.6 Å². The maximum atomic E-state index is 12.1. The van der Waals surface area contributed by atoms with Gasteiger partial charge < -0.3 is 5.32 Å². The van der Waals surface area contributed by atoms with Gasteiger partial charge >= 0.3 is 0 Å². The van der Waals surface area contributed by atoms with Crippen molar-refractivity contribution in [1.82, 2.24) is 10.2 Å². The molecule has 0 aliphatic carbocycles. The number of hydrogen-bond acceptors (Lipinski definition) is 3. The molecule has 0 radical (unpaired) electrons. The van der Waals surface area contributed by atoms with Gasteiger partial charge in [0.05, 0.1) is 0 Å². The van der Waals surface area contributed by atoms with Gasteiger partial charge in [-0.1, -0.05) is 23.7 Å². The Bertz CT molecular complexity index is 581. The molecule has 2 aromatic rings. The van der Waals surface area contributed by atoms with Crippen LogP contribution in [-0.4, -0.2) is 16.1 Å². The zero-order valence-corrected chi connectivity index (χ0v) is 10.8. The largest absolute Gasteiger partial charge is 0.305 e. The van der Waals surface area contributed by atoms with E-state index in [1.807, 2.05) is 26.0 Å². The average molecular weight is 262 g/mol. The number of nitrogens with one attached hydrogen (secondary N) is 1. The number of rotatable bonds is 2. The molecule has 5 heteroatoms. The van der Waals surface area contributed by atoms with Crippen molar-refractivity contribution in [3.63, 3.8) is 0 Å². The fourth-order valence-electron chi connectivity index (χ4n) is 1.56. The Kier molecular flexibility index (Phi) is 3.58. The molecule has 18 heavy (non-hydrogen) atoms. The summed E-state index contributed by atoms with van der Waals surface area (Å²) in [6.45, 7) is 3.88. The van der Waals surface area contributed by atoms with Crippen molar-refractivity contribution < 1.29 is 4.79 Å². The number of nitrogens with zero attached hydrogens (tertiary/aromatic N) is 2. The number of halogens is 1. The number of carbonyl (C=O) groups is 1. The Labute approximate surface area is 110 Å². The summed E-state index contributed by atoms with van der Waals surface area (Å²) in [7, 11) is 0. The molecule has 1 amide bonds. The molecule has 0 bridgehead atoms. The number of hydrogen-bond donors (Lipinski definition) is 1. The topological polar surface area (TPSA) is 54.9 Å². The third-order valence-corrected chi connectivity index (χ3v) is 2.92. The van der Waals surface area contributed by atoms with Crippen LogP contribution in [0.4, 0.5) is 5.82 Å². The van der Waals surface area contributed by atoms with Gasteiger partial charge in [0, 0.05) is 5.56 Å². The fourth-order valence-corrected chi connectivity index (χ4v) is 1.66. The van der Waals surface area contributed by atoms with Crippen LogP contribution in [0, 0.1) is 13.8 Å². The van der Waals surface area contributed by atoms with E-state index in [0.29, 0.717) is 16.5 Å². The van der Waals surface area contributed by atoms with Gasteiger partial charge in [-0.15, -0.1) is 10.2 Å². The highest BCUT2D eigenvalue weighted by Crippen LogP contribution is 2.14. The molecule has 0 aliphatic rings. The molecule has 4 nitrogen and oxygen atoms in total. The van der Waals surface area contributed by atoms with Crippen LogP contribution in [-0.2, 0) is 0 Å². The molecule has 92 valence electrons. The van der Waals surface area contributed by atoms with E-state index in [9.17, 15) is 4.79 Å². The van der Waals surface area contributed by atoms with E-state index in [4.69, 9.17) is 11.6 Å². The number of benzene rings is 1. The first-order valence-electron chi connectivity index (χ1n) is 5.45. The predicted molar refractivity (Wildman–Crippen MR) is 70.9 cm³/mol. The van der Waals surface area contributed by atoms with Gasteiger partial charge in [0.2, 0.25) is 0 Å². The van der Waals surface area contributed by atoms with Crippen molar-refractivity contribution in [2.75, 3.05) is 5.32 Å². The van der Waals surface area contributed by atoms with Gasteiger partial charge in [0.15, 0.2) is 11.0 Å². The van der Waals surface area contributed by atoms with Crippen molar-refractivity contribution in [3.05, 3.63) is 52.2 Å². The quantitative estimate of drug-likeness (QED) is 0.904. The van der Waals surface area contributed by atoms with Crippen molar-refractivity contribution in [2.24, 2.45) is 0 Å². The maximum absolute atomic E-state index is 12.1. The Morgan fingerprint density at radius 1 is 1.17 bits per heavy atom. The lowest BCUT2D eigenvalue weighted by Gasteiger charge is -2.08. The molecule has 0 spiro atoms. The zero-order chi connectivity index (χ0) is 13.1. The van der Waals surface area contributed by atoms with Gasteiger partial charge in [-0.3, -0.25) is 4.79 Å². The highest BCUT2D eigenvalue weighted by atomic mass is 35.5. The standard InChI is InChI=1S/C13H12ClN3O/c1-8-4-3-5-10(9(8)2)13(18)15-12-7-6-11(14)16-17-12/h3-7H,1-2H3,(H,15,17,18). The molecular weight excluding hydrogens is 250 g/mol. The number of anilines is 1. The van der Waals surface area contributed by atoms with E-state index in [1.54, 1.807) is 18.2 Å². The Hall–Kier alpha value is -1.94. The lowest BCUT2D eigenvalue weighted by atomic mass is 10.0. The third-order valence-electron chi connectivity index (χ3n) is 2.72. The molecule has 1 heterocycles. The number of aryl methyl sites for hydroxylation is 1. The van der Waals surface area contributed by atoms with Gasteiger partial charge in [0.1, 0.15) is 0 Å². The molecule has 1 N–H and O–H groups in total. The second kappa shape index (κ2) is 5.14. The van der Waals surface area contributed by atoms with Crippen molar-refractivity contribution in [2.45, 2.75) is 13.8 Å². The van der Waals surface area contributed by atoms with Crippen molar-refractivity contribution >= 4 is 23.3 Å². The van der Waals surface area contributed by atoms with E-state index >= 15 is 0 Å². The van der Waals surface area contributed by atoms with E-state index in [2.05, 4.69) is 15.5 Å². The fraction of sp³-hybridized carbons (Fsp3) is 0.154. The molecule has 0 unspecified atom stereocenters. The minimum atomic E-state index is -0.201. The van der Waals surface area contributed by atoms with Crippen molar-refractivity contribution in [3.8, 4) is 0 Å². The van der Waals surface area contributed by atoms with Crippen LogP contribution in [0.1, 0.15) is 21.5 Å². The van der Waals surface area contributed by atoms with Crippen LogP contribution < -0.4 is 5.32 Å². The maximum Gasteiger partial charge on any atom is 0.257 e. The number of aromatic nitrogens is 2. The Balaban J connectivity index is 2.22. The smallest absolute Gasteiger partial charge is 0.257 e. The summed E-state index contributed by atoms with van der Waals surface area (Å²) in [5.74, 6) is 0.179. The van der Waals surface area contributed by atoms with Crippen LogP contribution in [0.3, 0.4) is 0 Å². The summed E-state index contributed by atoms with van der Waals surface area (Å²) in [6, 6.07) is 8.78. The Morgan fingerprint density at radius 3 is 2.61 bits per heavy atom. The monoisotopic (exact) mass is 261 g/mol. The average Bonchev–Trinajstić information content (AvgIpc) is 2.35. The molecule has 2 rings (SSSR count). The molecule has 0 saturated heterocycles. The van der Waals surface area contributed by atoms with Crippen LogP contribution in [0.5, 0.6) is 0 Å². The summed E-state index contributed by atoms with van der Waals surface area (Å²) in [5.41, 5.74) is 2.66. The van der Waals surface area contributed by atoms with Crippen molar-refractivity contribution in [1.29, 1.82) is 0 Å². The lowest BCUT2D eigenvalue weighted by molar-refractivity contribution is 0.102. The highest BCUT2D eigenvalue weighted by molar-refractivity contribution is 6.29. The Morgan fingerprint density at radius 2 is 1.94 bits per heavy atom. The zero-order valence-electron chi connectivity index (χ0n) is 10.1. The van der Waals surface area contributed by atoms with Crippen LogP contribution in [0.25, 0.3) is 0 Å². The molecule has 0 saturated carbocycles. The first-order chi connectivity index (χ1) is 8.58. The summed E-state index contributed by atoms with van der Waals surface area (Å²) in [6.07, 6.45) is 0. The second-order valence-electron chi connectivity index (χ2n) is 3.94. The number of carbonyl (C=O) groups excluding carboxylic acids is 1. The van der Waals surface area contributed by atoms with Gasteiger partial charge in [-0.05, 0) is 43.2 Å². The highest BCUT2D eigenvalue weighted by Gasteiger charge is 2.10. The molecule has 0 atom stereocenters. The van der Waals surface area contributed by atoms with Gasteiger partial charge in [0.25, 0.3) is 5.91 Å². The first-order valence-corrected chi connectivity index (χ1v) is 5.82. The van der Waals surface area contributed by atoms with E-state index < -0.39 is 0 Å². The predicted octanol–water partition coefficient (Wildman–Crippen LogP) is 3.00. The molecule has 1 aromatic carbocycles. The summed E-state index contributed by atoms with van der Waals surface area (Å²) < 4.78 is 0. The normalized spacial score (nSPS) is 10.2. The molecule has 0 aliphatic heterocycles. The minimum Gasteiger partial charge on any atom is -0.305 e. The van der Waals surface area contributed by atoms with Gasteiger partial charge in [-0.2, -0.15) is 0 Å². The molecule has 0 fully saturated rings.